The van der Waals surface area contributed by atoms with Crippen LogP contribution in [-0.2, 0) is 16.7 Å². The van der Waals surface area contributed by atoms with E-state index < -0.39 is 0 Å². The molecule has 1 aromatic carbocycles. The van der Waals surface area contributed by atoms with E-state index in [9.17, 15) is 9.59 Å². The quantitative estimate of drug-likeness (QED) is 0.689. The fourth-order valence-corrected chi connectivity index (χ4v) is 6.92. The van der Waals surface area contributed by atoms with Gasteiger partial charge in [0.25, 0.3) is 0 Å². The van der Waals surface area contributed by atoms with E-state index in [0.717, 1.165) is 71.2 Å². The summed E-state index contributed by atoms with van der Waals surface area (Å²) in [5.41, 5.74) is 2.81. The number of fused-ring (bicyclic) bond motifs is 2. The first-order valence-corrected chi connectivity index (χ1v) is 13.9. The molecule has 1 aliphatic carbocycles. The Kier molecular flexibility index (Phi) is 7.51. The molecule has 1 aromatic rings. The van der Waals surface area contributed by atoms with Gasteiger partial charge in [-0.25, -0.2) is 9.59 Å². The average Bonchev–Trinajstić information content (AvgIpc) is 2.90. The second kappa shape index (κ2) is 10.8. The van der Waals surface area contributed by atoms with Gasteiger partial charge in [0.05, 0.1) is 6.61 Å². The Balaban J connectivity index is 1.22. The molecule has 3 fully saturated rings. The predicted octanol–water partition coefficient (Wildman–Crippen LogP) is 4.50. The van der Waals surface area contributed by atoms with Crippen molar-refractivity contribution < 1.29 is 14.3 Å². The summed E-state index contributed by atoms with van der Waals surface area (Å²) >= 11 is 0. The van der Waals surface area contributed by atoms with Crippen LogP contribution in [0, 0.1) is 0 Å². The van der Waals surface area contributed by atoms with E-state index in [-0.39, 0.29) is 17.5 Å². The Morgan fingerprint density at radius 1 is 0.971 bits per heavy atom. The van der Waals surface area contributed by atoms with Crippen LogP contribution < -0.4 is 5.32 Å². The molecule has 1 saturated carbocycles. The maximum atomic E-state index is 13.3. The smallest absolute Gasteiger partial charge is 0.409 e. The number of benzene rings is 1. The zero-order chi connectivity index (χ0) is 24.3. The molecule has 192 valence electrons. The summed E-state index contributed by atoms with van der Waals surface area (Å²) in [7, 11) is 0. The van der Waals surface area contributed by atoms with Gasteiger partial charge in [-0.1, -0.05) is 43.5 Å². The summed E-state index contributed by atoms with van der Waals surface area (Å²) in [5, 5.41) is 3.36. The lowest BCUT2D eigenvalue weighted by Gasteiger charge is -2.50. The van der Waals surface area contributed by atoms with E-state index in [0.29, 0.717) is 25.2 Å². The van der Waals surface area contributed by atoms with Crippen LogP contribution in [0.2, 0.25) is 0 Å². The van der Waals surface area contributed by atoms with E-state index in [4.69, 9.17) is 4.74 Å². The Morgan fingerprint density at radius 2 is 1.69 bits per heavy atom. The maximum absolute atomic E-state index is 13.3. The van der Waals surface area contributed by atoms with Gasteiger partial charge >= 0.3 is 12.1 Å². The van der Waals surface area contributed by atoms with E-state index in [1.165, 1.54) is 30.4 Å². The largest absolute Gasteiger partial charge is 0.450 e. The van der Waals surface area contributed by atoms with E-state index in [1.807, 2.05) is 11.8 Å². The van der Waals surface area contributed by atoms with Gasteiger partial charge in [-0.15, -0.1) is 0 Å². The average molecular weight is 483 g/mol. The third-order valence-electron chi connectivity index (χ3n) is 8.93. The third-order valence-corrected chi connectivity index (χ3v) is 8.93. The van der Waals surface area contributed by atoms with Crippen molar-refractivity contribution in [3.63, 3.8) is 0 Å². The van der Waals surface area contributed by atoms with Crippen molar-refractivity contribution in [2.24, 2.45) is 0 Å². The van der Waals surface area contributed by atoms with Gasteiger partial charge in [-0.05, 0) is 69.7 Å². The SMILES string of the molecule is CCOC(=O)N1CCC(N2CCC3(CC2)CN(C(=O)NC2CCCCC2)Cc2ccccc23)CC1. The highest BCUT2D eigenvalue weighted by Crippen LogP contribution is 2.42. The number of amides is 3. The van der Waals surface area contributed by atoms with Crippen LogP contribution in [0.3, 0.4) is 0 Å². The molecule has 0 aromatic heterocycles. The molecule has 35 heavy (non-hydrogen) atoms. The number of hydrogen-bond acceptors (Lipinski definition) is 4. The molecule has 0 bridgehead atoms. The number of rotatable bonds is 3. The number of likely N-dealkylation sites (tertiary alicyclic amines) is 2. The summed E-state index contributed by atoms with van der Waals surface area (Å²) in [5.74, 6) is 0. The number of urea groups is 1. The Morgan fingerprint density at radius 3 is 2.40 bits per heavy atom. The van der Waals surface area contributed by atoms with Gasteiger partial charge in [-0.3, -0.25) is 0 Å². The van der Waals surface area contributed by atoms with Crippen molar-refractivity contribution in [1.82, 2.24) is 20.0 Å². The van der Waals surface area contributed by atoms with Crippen molar-refractivity contribution in [1.29, 1.82) is 0 Å². The second-order valence-electron chi connectivity index (χ2n) is 11.0. The first-order valence-electron chi connectivity index (χ1n) is 13.9. The van der Waals surface area contributed by atoms with Crippen molar-refractivity contribution in [2.45, 2.75) is 88.8 Å². The first kappa shape index (κ1) is 24.4. The normalized spacial score (nSPS) is 23.7. The Labute approximate surface area is 210 Å². The number of carbonyl (C=O) groups is 2. The molecule has 1 N–H and O–H groups in total. The fraction of sp³-hybridized carbons (Fsp3) is 0.714. The molecular weight excluding hydrogens is 440 g/mol. The minimum absolute atomic E-state index is 0.0425. The number of carbonyl (C=O) groups excluding carboxylic acids is 2. The highest BCUT2D eigenvalue weighted by atomic mass is 16.6. The molecule has 3 aliphatic heterocycles. The minimum Gasteiger partial charge on any atom is -0.450 e. The zero-order valence-electron chi connectivity index (χ0n) is 21.3. The number of hydrogen-bond donors (Lipinski definition) is 1. The number of nitrogens with zero attached hydrogens (tertiary/aromatic N) is 3. The summed E-state index contributed by atoms with van der Waals surface area (Å²) < 4.78 is 5.18. The summed E-state index contributed by atoms with van der Waals surface area (Å²) in [4.78, 5) is 31.9. The van der Waals surface area contributed by atoms with Crippen LogP contribution in [0.15, 0.2) is 24.3 Å². The number of nitrogens with one attached hydrogen (secondary N) is 1. The van der Waals surface area contributed by atoms with E-state index in [1.54, 1.807) is 0 Å². The molecule has 3 heterocycles. The zero-order valence-corrected chi connectivity index (χ0v) is 21.3. The van der Waals surface area contributed by atoms with Crippen LogP contribution in [0.4, 0.5) is 9.59 Å². The van der Waals surface area contributed by atoms with Gasteiger partial charge in [0.2, 0.25) is 0 Å². The lowest BCUT2D eigenvalue weighted by atomic mass is 9.68. The van der Waals surface area contributed by atoms with Crippen LogP contribution >= 0.6 is 0 Å². The molecule has 3 amide bonds. The van der Waals surface area contributed by atoms with Gasteiger partial charge in [0, 0.05) is 43.7 Å². The number of piperidine rings is 2. The van der Waals surface area contributed by atoms with Crippen LogP contribution in [0.25, 0.3) is 0 Å². The summed E-state index contributed by atoms with van der Waals surface area (Å²) in [6, 6.07) is 9.79. The second-order valence-corrected chi connectivity index (χ2v) is 11.0. The van der Waals surface area contributed by atoms with Crippen molar-refractivity contribution >= 4 is 12.1 Å². The highest BCUT2D eigenvalue weighted by Gasteiger charge is 2.44. The molecule has 0 unspecified atom stereocenters. The summed E-state index contributed by atoms with van der Waals surface area (Å²) in [6.45, 7) is 7.49. The van der Waals surface area contributed by atoms with Gasteiger partial charge < -0.3 is 24.8 Å². The maximum Gasteiger partial charge on any atom is 0.409 e. The molecule has 0 radical (unpaired) electrons. The monoisotopic (exact) mass is 482 g/mol. The molecule has 2 saturated heterocycles. The van der Waals surface area contributed by atoms with E-state index in [2.05, 4.69) is 39.4 Å². The Hall–Kier alpha value is -2.28. The molecule has 5 rings (SSSR count). The van der Waals surface area contributed by atoms with Crippen molar-refractivity contribution in [3.8, 4) is 0 Å². The predicted molar refractivity (Wildman–Crippen MR) is 136 cm³/mol. The van der Waals surface area contributed by atoms with Crippen LogP contribution in [0.1, 0.15) is 75.8 Å². The van der Waals surface area contributed by atoms with Crippen LogP contribution in [0.5, 0.6) is 0 Å². The lowest BCUT2D eigenvalue weighted by molar-refractivity contribution is 0.0468. The molecular formula is C28H42N4O3. The summed E-state index contributed by atoms with van der Waals surface area (Å²) in [6.07, 6.45) is 10.00. The third kappa shape index (κ3) is 5.30. The van der Waals surface area contributed by atoms with Crippen LogP contribution in [-0.4, -0.2) is 78.2 Å². The first-order chi connectivity index (χ1) is 17.1. The molecule has 1 spiro atoms. The topological polar surface area (TPSA) is 65.1 Å². The molecule has 0 atom stereocenters. The standard InChI is InChI=1S/C28H42N4O3/c1-2-35-27(34)31-16-12-24(13-17-31)30-18-14-28(15-19-30)21-32(20-22-8-6-7-11-25(22)28)26(33)29-23-9-4-3-5-10-23/h6-8,11,23-24H,2-5,9-10,12-21H2,1H3,(H,29,33). The van der Waals surface area contributed by atoms with E-state index >= 15 is 0 Å². The van der Waals surface area contributed by atoms with Crippen molar-refractivity contribution in [3.05, 3.63) is 35.4 Å². The van der Waals surface area contributed by atoms with Gasteiger partial charge in [-0.2, -0.15) is 0 Å². The van der Waals surface area contributed by atoms with Gasteiger partial charge in [0.15, 0.2) is 0 Å². The highest BCUT2D eigenvalue weighted by molar-refractivity contribution is 5.75. The lowest BCUT2D eigenvalue weighted by Crippen LogP contribution is -2.57. The molecule has 7 heteroatoms. The molecule has 7 nitrogen and oxygen atoms in total. The minimum atomic E-state index is -0.172. The fourth-order valence-electron chi connectivity index (χ4n) is 6.92. The molecule has 4 aliphatic rings. The van der Waals surface area contributed by atoms with Gasteiger partial charge in [0.1, 0.15) is 0 Å². The van der Waals surface area contributed by atoms with Crippen molar-refractivity contribution in [2.75, 3.05) is 39.3 Å². The Bertz CT molecular complexity index is 884. The number of ether oxygens (including phenoxy) is 1.